The van der Waals surface area contributed by atoms with Crippen LogP contribution in [0.3, 0.4) is 0 Å². The summed E-state index contributed by atoms with van der Waals surface area (Å²) in [6.07, 6.45) is 0.128. The van der Waals surface area contributed by atoms with E-state index in [2.05, 4.69) is 5.32 Å². The number of amides is 1. The molecule has 1 N–H and O–H groups in total. The molecule has 0 spiro atoms. The monoisotopic (exact) mass is 307 g/mol. The predicted octanol–water partition coefficient (Wildman–Crippen LogP) is 1.42. The van der Waals surface area contributed by atoms with Crippen molar-refractivity contribution in [3.63, 3.8) is 0 Å². The Kier molecular flexibility index (Phi) is 5.77. The molecular formula is C16H21NO5. The minimum atomic E-state index is -0.838. The van der Waals surface area contributed by atoms with Gasteiger partial charge in [-0.3, -0.25) is 4.79 Å². The molecule has 120 valence electrons. The first-order valence-electron chi connectivity index (χ1n) is 7.33. The number of carbonyl (C=O) groups excluding carboxylic acids is 2. The Morgan fingerprint density at radius 3 is 2.68 bits per heavy atom. The van der Waals surface area contributed by atoms with Gasteiger partial charge in [-0.15, -0.1) is 0 Å². The highest BCUT2D eigenvalue weighted by Gasteiger charge is 2.28. The summed E-state index contributed by atoms with van der Waals surface area (Å²) in [4.78, 5) is 23.7. The number of carbonyl (C=O) groups is 2. The number of methoxy groups -OCH3 is 1. The Morgan fingerprint density at radius 2 is 2.09 bits per heavy atom. The Morgan fingerprint density at radius 1 is 1.36 bits per heavy atom. The minimum Gasteiger partial charge on any atom is -0.497 e. The molecule has 1 fully saturated rings. The van der Waals surface area contributed by atoms with Gasteiger partial charge in [0.05, 0.1) is 7.11 Å². The van der Waals surface area contributed by atoms with Crippen LogP contribution in [0.25, 0.3) is 0 Å². The normalized spacial score (nSPS) is 18.5. The van der Waals surface area contributed by atoms with Crippen LogP contribution in [0.2, 0.25) is 0 Å². The summed E-state index contributed by atoms with van der Waals surface area (Å²) in [5.41, 5.74) is 0.937. The smallest absolute Gasteiger partial charge is 0.336 e. The van der Waals surface area contributed by atoms with E-state index in [-0.39, 0.29) is 5.91 Å². The maximum Gasteiger partial charge on any atom is 0.336 e. The molecule has 6 nitrogen and oxygen atoms in total. The molecule has 0 saturated carbocycles. The minimum absolute atomic E-state index is 0.331. The van der Waals surface area contributed by atoms with Crippen molar-refractivity contribution in [3.05, 3.63) is 29.8 Å². The SMILES string of the molecule is COc1ccc(CNC(=O)[C@H](C)OC(=O)[C@H]2CCCO2)cc1. The van der Waals surface area contributed by atoms with E-state index in [0.29, 0.717) is 19.6 Å². The number of hydrogen-bond acceptors (Lipinski definition) is 5. The van der Waals surface area contributed by atoms with Gasteiger partial charge in [-0.05, 0) is 37.5 Å². The third-order valence-corrected chi connectivity index (χ3v) is 3.48. The zero-order valence-corrected chi connectivity index (χ0v) is 12.8. The van der Waals surface area contributed by atoms with Gasteiger partial charge in [0.2, 0.25) is 0 Å². The molecule has 0 unspecified atom stereocenters. The van der Waals surface area contributed by atoms with Gasteiger partial charge in [0.25, 0.3) is 5.91 Å². The van der Waals surface area contributed by atoms with Crippen molar-refractivity contribution in [2.45, 2.75) is 38.5 Å². The predicted molar refractivity (Wildman–Crippen MR) is 79.4 cm³/mol. The zero-order valence-electron chi connectivity index (χ0n) is 12.8. The first-order valence-corrected chi connectivity index (χ1v) is 7.33. The number of esters is 1. The third kappa shape index (κ3) is 4.46. The quantitative estimate of drug-likeness (QED) is 0.805. The first kappa shape index (κ1) is 16.3. The van der Waals surface area contributed by atoms with Crippen LogP contribution in [-0.2, 0) is 25.6 Å². The molecule has 2 rings (SSSR count). The summed E-state index contributed by atoms with van der Waals surface area (Å²) in [5.74, 6) is -0.0410. The van der Waals surface area contributed by atoms with Crippen molar-refractivity contribution in [1.29, 1.82) is 0 Å². The molecule has 1 aromatic carbocycles. The lowest BCUT2D eigenvalue weighted by Gasteiger charge is -2.16. The molecule has 6 heteroatoms. The fraction of sp³-hybridized carbons (Fsp3) is 0.500. The highest BCUT2D eigenvalue weighted by atomic mass is 16.6. The summed E-state index contributed by atoms with van der Waals surface area (Å²) in [7, 11) is 1.60. The van der Waals surface area contributed by atoms with Crippen molar-refractivity contribution in [3.8, 4) is 5.75 Å². The molecule has 1 aromatic rings. The van der Waals surface area contributed by atoms with Crippen molar-refractivity contribution in [2.24, 2.45) is 0 Å². The fourth-order valence-electron chi connectivity index (χ4n) is 2.14. The Balaban J connectivity index is 1.76. The van der Waals surface area contributed by atoms with Crippen molar-refractivity contribution >= 4 is 11.9 Å². The molecule has 0 radical (unpaired) electrons. The lowest BCUT2D eigenvalue weighted by atomic mass is 10.2. The Labute approximate surface area is 129 Å². The van der Waals surface area contributed by atoms with Crippen LogP contribution in [0.4, 0.5) is 0 Å². The molecule has 0 aliphatic carbocycles. The molecule has 22 heavy (non-hydrogen) atoms. The summed E-state index contributed by atoms with van der Waals surface area (Å²) in [5, 5.41) is 2.73. The van der Waals surface area contributed by atoms with Gasteiger partial charge in [0.1, 0.15) is 5.75 Å². The average Bonchev–Trinajstić information content (AvgIpc) is 3.07. The Hall–Kier alpha value is -2.08. The first-order chi connectivity index (χ1) is 10.6. The van der Waals surface area contributed by atoms with Gasteiger partial charge >= 0.3 is 5.97 Å². The maximum atomic E-state index is 11.9. The summed E-state index contributed by atoms with van der Waals surface area (Å²) >= 11 is 0. The van der Waals surface area contributed by atoms with Gasteiger partial charge in [-0.25, -0.2) is 4.79 Å². The fourth-order valence-corrected chi connectivity index (χ4v) is 2.14. The molecule has 1 heterocycles. The van der Waals surface area contributed by atoms with Crippen LogP contribution in [0, 0.1) is 0 Å². The van der Waals surface area contributed by atoms with Crippen LogP contribution >= 0.6 is 0 Å². The number of nitrogens with one attached hydrogen (secondary N) is 1. The number of ether oxygens (including phenoxy) is 3. The van der Waals surface area contributed by atoms with E-state index in [1.54, 1.807) is 14.0 Å². The van der Waals surface area contributed by atoms with Crippen LogP contribution in [0.5, 0.6) is 5.75 Å². The highest BCUT2D eigenvalue weighted by molar-refractivity contribution is 5.84. The van der Waals surface area contributed by atoms with Gasteiger partial charge < -0.3 is 19.5 Å². The topological polar surface area (TPSA) is 73.9 Å². The maximum absolute atomic E-state index is 11.9. The number of benzene rings is 1. The zero-order chi connectivity index (χ0) is 15.9. The average molecular weight is 307 g/mol. The van der Waals surface area contributed by atoms with Crippen LogP contribution in [0.15, 0.2) is 24.3 Å². The van der Waals surface area contributed by atoms with Crippen LogP contribution < -0.4 is 10.1 Å². The molecule has 0 bridgehead atoms. The molecule has 0 aromatic heterocycles. The number of hydrogen-bond donors (Lipinski definition) is 1. The summed E-state index contributed by atoms with van der Waals surface area (Å²) in [6, 6.07) is 7.37. The second-order valence-corrected chi connectivity index (χ2v) is 5.15. The standard InChI is InChI=1S/C16H21NO5/c1-11(22-16(19)14-4-3-9-21-14)15(18)17-10-12-5-7-13(20-2)8-6-12/h5-8,11,14H,3-4,9-10H2,1-2H3,(H,17,18)/t11-,14+/m0/s1. The van der Waals surface area contributed by atoms with Gasteiger partial charge in [-0.2, -0.15) is 0 Å². The molecule has 1 aliphatic heterocycles. The lowest BCUT2D eigenvalue weighted by Crippen LogP contribution is -2.37. The van der Waals surface area contributed by atoms with E-state index >= 15 is 0 Å². The van der Waals surface area contributed by atoms with E-state index in [1.165, 1.54) is 0 Å². The van der Waals surface area contributed by atoms with Crippen molar-refractivity contribution in [1.82, 2.24) is 5.32 Å². The van der Waals surface area contributed by atoms with E-state index in [1.807, 2.05) is 24.3 Å². The molecule has 1 aliphatic rings. The largest absolute Gasteiger partial charge is 0.497 e. The van der Waals surface area contributed by atoms with Crippen LogP contribution in [0.1, 0.15) is 25.3 Å². The van der Waals surface area contributed by atoms with Crippen LogP contribution in [-0.4, -0.2) is 37.8 Å². The van der Waals surface area contributed by atoms with E-state index in [0.717, 1.165) is 17.7 Å². The molecule has 2 atom stereocenters. The van der Waals surface area contributed by atoms with E-state index < -0.39 is 18.2 Å². The Bertz CT molecular complexity index is 508. The van der Waals surface area contributed by atoms with Crippen molar-refractivity contribution < 1.29 is 23.8 Å². The molecule has 1 saturated heterocycles. The summed E-state index contributed by atoms with van der Waals surface area (Å²) in [6.45, 7) is 2.48. The van der Waals surface area contributed by atoms with Gasteiger partial charge in [-0.1, -0.05) is 12.1 Å². The van der Waals surface area contributed by atoms with E-state index in [9.17, 15) is 9.59 Å². The molecule has 1 amide bonds. The third-order valence-electron chi connectivity index (χ3n) is 3.48. The van der Waals surface area contributed by atoms with E-state index in [4.69, 9.17) is 14.2 Å². The van der Waals surface area contributed by atoms with Crippen molar-refractivity contribution in [2.75, 3.05) is 13.7 Å². The summed E-state index contributed by atoms with van der Waals surface area (Å²) < 4.78 is 15.4. The second kappa shape index (κ2) is 7.79. The second-order valence-electron chi connectivity index (χ2n) is 5.15. The van der Waals surface area contributed by atoms with Gasteiger partial charge in [0.15, 0.2) is 12.2 Å². The lowest BCUT2D eigenvalue weighted by molar-refractivity contribution is -0.163. The number of rotatable bonds is 6. The molecular weight excluding hydrogens is 286 g/mol. The highest BCUT2D eigenvalue weighted by Crippen LogP contribution is 2.14. The van der Waals surface area contributed by atoms with Gasteiger partial charge in [0, 0.05) is 13.2 Å².